The lowest BCUT2D eigenvalue weighted by Crippen LogP contribution is -2.15. The van der Waals surface area contributed by atoms with Crippen LogP contribution in [0.3, 0.4) is 0 Å². The number of thiazole rings is 1. The van der Waals surface area contributed by atoms with Gasteiger partial charge in [-0.2, -0.15) is 0 Å². The Labute approximate surface area is 169 Å². The van der Waals surface area contributed by atoms with E-state index in [-0.39, 0.29) is 15.9 Å². The van der Waals surface area contributed by atoms with Gasteiger partial charge in [-0.1, -0.05) is 41.4 Å². The zero-order chi connectivity index (χ0) is 19.6. The Morgan fingerprint density at radius 2 is 1.96 bits per heavy atom. The Balaban J connectivity index is 1.88. The molecule has 3 rings (SSSR count). The summed E-state index contributed by atoms with van der Waals surface area (Å²) in [6, 6.07) is 8.99. The van der Waals surface area contributed by atoms with Crippen molar-refractivity contribution in [3.05, 3.63) is 69.4 Å². The highest BCUT2D eigenvalue weighted by Crippen LogP contribution is 2.35. The third-order valence-corrected chi connectivity index (χ3v) is 6.39. The lowest BCUT2D eigenvalue weighted by Gasteiger charge is -2.18. The summed E-state index contributed by atoms with van der Waals surface area (Å²) in [6.45, 7) is 1.73. The van der Waals surface area contributed by atoms with Crippen LogP contribution in [0.5, 0.6) is 5.75 Å². The van der Waals surface area contributed by atoms with Gasteiger partial charge in [0, 0.05) is 28.2 Å². The zero-order valence-electron chi connectivity index (χ0n) is 13.8. The van der Waals surface area contributed by atoms with Crippen LogP contribution in [0.2, 0.25) is 10.0 Å². The predicted molar refractivity (Wildman–Crippen MR) is 105 cm³/mol. The number of hydrogen-bond donors (Lipinski definition) is 1. The van der Waals surface area contributed by atoms with Crippen molar-refractivity contribution in [2.45, 2.75) is 17.9 Å². The number of hydrogen-bond acceptors (Lipinski definition) is 5. The van der Waals surface area contributed by atoms with Gasteiger partial charge in [-0.05, 0) is 19.1 Å². The van der Waals surface area contributed by atoms with Crippen LogP contribution in [0.1, 0.15) is 18.6 Å². The third-order valence-electron chi connectivity index (χ3n) is 3.58. The van der Waals surface area contributed by atoms with E-state index in [1.54, 1.807) is 36.6 Å². The molecule has 0 aliphatic rings. The number of ether oxygens (including phenoxy) is 1. The lowest BCUT2D eigenvalue weighted by molar-refractivity contribution is 0.226. The number of sulfonamides is 1. The van der Waals surface area contributed by atoms with Crippen molar-refractivity contribution in [2.75, 3.05) is 4.72 Å². The van der Waals surface area contributed by atoms with Crippen LogP contribution in [-0.2, 0) is 10.0 Å². The van der Waals surface area contributed by atoms with Gasteiger partial charge in [-0.25, -0.2) is 17.8 Å². The number of aromatic nitrogens is 1. The molecular weight excluding hydrogens is 434 g/mol. The Morgan fingerprint density at radius 1 is 1.22 bits per heavy atom. The van der Waals surface area contributed by atoms with Gasteiger partial charge in [0.1, 0.15) is 22.6 Å². The Kier molecular flexibility index (Phi) is 5.90. The Morgan fingerprint density at radius 3 is 2.63 bits per heavy atom. The fraction of sp³-hybridized carbons (Fsp3) is 0.118. The molecule has 0 aliphatic heterocycles. The number of nitrogens with zero attached hydrogens (tertiary/aromatic N) is 1. The molecule has 1 heterocycles. The van der Waals surface area contributed by atoms with E-state index in [0.717, 1.165) is 23.5 Å². The van der Waals surface area contributed by atoms with E-state index < -0.39 is 26.8 Å². The number of halogens is 3. The fourth-order valence-electron chi connectivity index (χ4n) is 2.31. The van der Waals surface area contributed by atoms with Gasteiger partial charge in [0.25, 0.3) is 10.0 Å². The SMILES string of the molecule is C[C@H](Oc1cc(F)c(S(=O)(=O)Nc2nccs2)cc1Cl)c1ccccc1Cl. The molecule has 0 bridgehead atoms. The second kappa shape index (κ2) is 8.02. The topological polar surface area (TPSA) is 68.3 Å². The predicted octanol–water partition coefficient (Wildman–Crippen LogP) is 5.53. The smallest absolute Gasteiger partial charge is 0.266 e. The van der Waals surface area contributed by atoms with E-state index in [1.165, 1.54) is 6.20 Å². The Bertz CT molecular complexity index is 1060. The summed E-state index contributed by atoms with van der Waals surface area (Å²) in [5.74, 6) is -0.986. The van der Waals surface area contributed by atoms with Crippen molar-refractivity contribution in [2.24, 2.45) is 0 Å². The molecule has 0 unspecified atom stereocenters. The monoisotopic (exact) mass is 446 g/mol. The van der Waals surface area contributed by atoms with E-state index in [9.17, 15) is 12.8 Å². The van der Waals surface area contributed by atoms with Gasteiger partial charge in [0.15, 0.2) is 5.13 Å². The minimum Gasteiger partial charge on any atom is -0.484 e. The quantitative estimate of drug-likeness (QED) is 0.540. The molecule has 2 aromatic carbocycles. The molecule has 5 nitrogen and oxygen atoms in total. The highest BCUT2D eigenvalue weighted by atomic mass is 35.5. The zero-order valence-corrected chi connectivity index (χ0v) is 17.0. The lowest BCUT2D eigenvalue weighted by atomic mass is 10.1. The summed E-state index contributed by atoms with van der Waals surface area (Å²) >= 11 is 13.3. The maximum absolute atomic E-state index is 14.5. The summed E-state index contributed by atoms with van der Waals surface area (Å²) in [5.41, 5.74) is 0.692. The van der Waals surface area contributed by atoms with E-state index in [1.807, 2.05) is 0 Å². The number of rotatable bonds is 6. The number of nitrogens with one attached hydrogen (secondary N) is 1. The number of anilines is 1. The van der Waals surface area contributed by atoms with Crippen LogP contribution in [0.25, 0.3) is 0 Å². The van der Waals surface area contributed by atoms with Crippen molar-refractivity contribution in [1.29, 1.82) is 0 Å². The van der Waals surface area contributed by atoms with E-state index in [0.29, 0.717) is 10.6 Å². The van der Waals surface area contributed by atoms with Crippen molar-refractivity contribution >= 4 is 49.7 Å². The summed E-state index contributed by atoms with van der Waals surface area (Å²) in [6.07, 6.45) is 0.908. The molecule has 1 atom stereocenters. The minimum absolute atomic E-state index is 0.00906. The maximum atomic E-state index is 14.5. The molecular formula is C17H13Cl2FN2O3S2. The summed E-state index contributed by atoms with van der Waals surface area (Å²) in [5, 5.41) is 2.16. The molecule has 142 valence electrons. The van der Waals surface area contributed by atoms with Crippen LogP contribution < -0.4 is 9.46 Å². The first-order chi connectivity index (χ1) is 12.8. The standard InChI is InChI=1S/C17H13Cl2FN2O3S2/c1-10(11-4-2-3-5-12(11)18)25-15-9-14(20)16(8-13(15)19)27(23,24)22-17-21-6-7-26-17/h2-10H,1H3,(H,21,22)/t10-/m0/s1. The van der Waals surface area contributed by atoms with E-state index in [2.05, 4.69) is 9.71 Å². The molecule has 0 fully saturated rings. The first-order valence-corrected chi connectivity index (χ1v) is 10.7. The van der Waals surface area contributed by atoms with E-state index >= 15 is 0 Å². The maximum Gasteiger partial charge on any atom is 0.266 e. The number of benzene rings is 2. The van der Waals surface area contributed by atoms with Crippen LogP contribution in [0, 0.1) is 5.82 Å². The molecule has 3 aromatic rings. The minimum atomic E-state index is -4.18. The molecule has 0 aliphatic carbocycles. The molecule has 1 aromatic heterocycles. The van der Waals surface area contributed by atoms with E-state index in [4.69, 9.17) is 27.9 Å². The molecule has 0 amide bonds. The summed E-state index contributed by atoms with van der Waals surface area (Å²) < 4.78 is 47.1. The first-order valence-electron chi connectivity index (χ1n) is 7.60. The van der Waals surface area contributed by atoms with Gasteiger partial charge in [-0.3, -0.25) is 4.72 Å². The second-order valence-electron chi connectivity index (χ2n) is 5.44. The van der Waals surface area contributed by atoms with Crippen LogP contribution >= 0.6 is 34.5 Å². The molecule has 0 saturated heterocycles. The Hall–Kier alpha value is -1.87. The van der Waals surface area contributed by atoms with Crippen LogP contribution in [-0.4, -0.2) is 13.4 Å². The summed E-state index contributed by atoms with van der Waals surface area (Å²) in [7, 11) is -4.18. The molecule has 27 heavy (non-hydrogen) atoms. The third kappa shape index (κ3) is 4.52. The van der Waals surface area contributed by atoms with Gasteiger partial charge in [0.2, 0.25) is 0 Å². The summed E-state index contributed by atoms with van der Waals surface area (Å²) in [4.78, 5) is 3.22. The van der Waals surface area contributed by atoms with Gasteiger partial charge < -0.3 is 4.74 Å². The average Bonchev–Trinajstić information content (AvgIpc) is 3.10. The van der Waals surface area contributed by atoms with Gasteiger partial charge >= 0.3 is 0 Å². The molecule has 1 N–H and O–H groups in total. The molecule has 0 spiro atoms. The normalized spacial score (nSPS) is 12.6. The first kappa shape index (κ1) is 19.9. The van der Waals surface area contributed by atoms with Crippen molar-refractivity contribution < 1.29 is 17.5 Å². The largest absolute Gasteiger partial charge is 0.484 e. The van der Waals surface area contributed by atoms with Crippen LogP contribution in [0.4, 0.5) is 9.52 Å². The van der Waals surface area contributed by atoms with Crippen LogP contribution in [0.15, 0.2) is 52.9 Å². The second-order valence-corrected chi connectivity index (χ2v) is 8.80. The van der Waals surface area contributed by atoms with Crippen molar-refractivity contribution in [3.63, 3.8) is 0 Å². The molecule has 0 radical (unpaired) electrons. The van der Waals surface area contributed by atoms with Gasteiger partial charge in [-0.15, -0.1) is 11.3 Å². The molecule has 0 saturated carbocycles. The fourth-order valence-corrected chi connectivity index (χ4v) is 4.75. The average molecular weight is 447 g/mol. The highest BCUT2D eigenvalue weighted by molar-refractivity contribution is 7.93. The van der Waals surface area contributed by atoms with Crippen molar-refractivity contribution in [3.8, 4) is 5.75 Å². The highest BCUT2D eigenvalue weighted by Gasteiger charge is 2.24. The van der Waals surface area contributed by atoms with Crippen molar-refractivity contribution in [1.82, 2.24) is 4.98 Å². The molecule has 10 heteroatoms. The van der Waals surface area contributed by atoms with Gasteiger partial charge in [0.05, 0.1) is 5.02 Å².